The molecule has 0 unspecified atom stereocenters. The summed E-state index contributed by atoms with van der Waals surface area (Å²) in [6.45, 7) is 8.15. The number of H-pyrrole nitrogens is 1. The van der Waals surface area contributed by atoms with Gasteiger partial charge in [0.2, 0.25) is 5.91 Å². The maximum Gasteiger partial charge on any atom is 0.410 e. The lowest BCUT2D eigenvalue weighted by molar-refractivity contribution is -0.114. The summed E-state index contributed by atoms with van der Waals surface area (Å²) >= 11 is 0. The van der Waals surface area contributed by atoms with E-state index in [0.29, 0.717) is 29.9 Å². The molecule has 0 aliphatic carbocycles. The summed E-state index contributed by atoms with van der Waals surface area (Å²) in [6, 6.07) is 11.2. The van der Waals surface area contributed by atoms with E-state index in [2.05, 4.69) is 15.5 Å². The number of ether oxygens (including phenoxy) is 1. The van der Waals surface area contributed by atoms with Crippen molar-refractivity contribution < 1.29 is 19.1 Å². The Morgan fingerprint density at radius 3 is 2.46 bits per heavy atom. The summed E-state index contributed by atoms with van der Waals surface area (Å²) in [5.41, 5.74) is 9.28. The molecule has 1 saturated heterocycles. The zero-order valence-corrected chi connectivity index (χ0v) is 20.5. The molecule has 0 spiro atoms. The van der Waals surface area contributed by atoms with Gasteiger partial charge in [-0.3, -0.25) is 14.7 Å². The average molecular weight is 478 g/mol. The van der Waals surface area contributed by atoms with Gasteiger partial charge >= 0.3 is 6.09 Å². The molecule has 2 heterocycles. The molecule has 0 atom stereocenters. The Hall–Kier alpha value is -3.88. The fourth-order valence-electron chi connectivity index (χ4n) is 4.45. The summed E-state index contributed by atoms with van der Waals surface area (Å²) in [5, 5.41) is 11.2. The number of hydrogen-bond acceptors (Lipinski definition) is 5. The highest BCUT2D eigenvalue weighted by molar-refractivity contribution is 6.07. The van der Waals surface area contributed by atoms with Crippen LogP contribution in [0.4, 0.5) is 10.5 Å². The van der Waals surface area contributed by atoms with Gasteiger partial charge in [0.1, 0.15) is 5.60 Å². The van der Waals surface area contributed by atoms with Gasteiger partial charge in [-0.25, -0.2) is 4.79 Å². The SMILES string of the molecule is CC(=O)Nc1cccc(-c2cc(C(N)=O)c3[nH]nc(C4CCN(C(=O)OC(C)(C)C)CC4)c3c2)c1. The van der Waals surface area contributed by atoms with E-state index in [-0.39, 0.29) is 17.9 Å². The number of carbonyl (C=O) groups is 3. The number of hydrogen-bond donors (Lipinski definition) is 3. The number of fused-ring (bicyclic) bond motifs is 1. The monoisotopic (exact) mass is 477 g/mol. The van der Waals surface area contributed by atoms with Crippen molar-refractivity contribution in [3.05, 3.63) is 47.7 Å². The van der Waals surface area contributed by atoms with Gasteiger partial charge in [-0.1, -0.05) is 12.1 Å². The predicted molar refractivity (Wildman–Crippen MR) is 134 cm³/mol. The molecule has 1 aliphatic heterocycles. The molecule has 4 N–H and O–H groups in total. The third-order valence-electron chi connectivity index (χ3n) is 6.02. The van der Waals surface area contributed by atoms with Crippen LogP contribution in [-0.2, 0) is 9.53 Å². The van der Waals surface area contributed by atoms with E-state index in [9.17, 15) is 14.4 Å². The van der Waals surface area contributed by atoms with Crippen LogP contribution in [0.1, 0.15) is 62.5 Å². The van der Waals surface area contributed by atoms with Gasteiger partial charge in [-0.15, -0.1) is 0 Å². The van der Waals surface area contributed by atoms with Gasteiger partial charge in [0.25, 0.3) is 5.91 Å². The van der Waals surface area contributed by atoms with Crippen LogP contribution in [-0.4, -0.2) is 51.7 Å². The second kappa shape index (κ2) is 9.40. The normalized spacial score (nSPS) is 14.7. The fourth-order valence-corrected chi connectivity index (χ4v) is 4.45. The molecule has 35 heavy (non-hydrogen) atoms. The molecule has 3 aromatic rings. The molecule has 0 saturated carbocycles. The number of nitrogens with one attached hydrogen (secondary N) is 2. The van der Waals surface area contributed by atoms with Gasteiger partial charge in [0.15, 0.2) is 0 Å². The van der Waals surface area contributed by atoms with Crippen LogP contribution in [0.25, 0.3) is 22.0 Å². The third-order valence-corrected chi connectivity index (χ3v) is 6.02. The van der Waals surface area contributed by atoms with Crippen LogP contribution in [0.15, 0.2) is 36.4 Å². The second-order valence-corrected chi connectivity index (χ2v) is 9.92. The van der Waals surface area contributed by atoms with Gasteiger partial charge in [0, 0.05) is 37.0 Å². The fraction of sp³-hybridized carbons (Fsp3) is 0.385. The second-order valence-electron chi connectivity index (χ2n) is 9.92. The van der Waals surface area contributed by atoms with E-state index in [1.54, 1.807) is 17.0 Å². The lowest BCUT2D eigenvalue weighted by Gasteiger charge is -2.33. The maximum atomic E-state index is 12.4. The molecule has 0 radical (unpaired) electrons. The number of carbonyl (C=O) groups excluding carboxylic acids is 3. The third kappa shape index (κ3) is 5.45. The number of piperidine rings is 1. The molecule has 1 aliphatic rings. The number of likely N-dealkylation sites (tertiary alicyclic amines) is 1. The van der Waals surface area contributed by atoms with Crippen molar-refractivity contribution in [3.63, 3.8) is 0 Å². The number of anilines is 1. The Balaban J connectivity index is 1.65. The van der Waals surface area contributed by atoms with Gasteiger partial charge in [0.05, 0.1) is 16.8 Å². The predicted octanol–water partition coefficient (Wildman–Crippen LogP) is 4.40. The number of aromatic nitrogens is 2. The first-order valence-electron chi connectivity index (χ1n) is 11.7. The van der Waals surface area contributed by atoms with Crippen LogP contribution in [0.2, 0.25) is 0 Å². The van der Waals surface area contributed by atoms with Crippen molar-refractivity contribution in [3.8, 4) is 11.1 Å². The Morgan fingerprint density at radius 1 is 1.11 bits per heavy atom. The Kier molecular flexibility index (Phi) is 6.51. The largest absolute Gasteiger partial charge is 0.444 e. The first-order chi connectivity index (χ1) is 16.5. The summed E-state index contributed by atoms with van der Waals surface area (Å²) < 4.78 is 5.50. The molecule has 4 rings (SSSR count). The first-order valence-corrected chi connectivity index (χ1v) is 11.7. The number of rotatable bonds is 4. The van der Waals surface area contributed by atoms with E-state index in [1.165, 1.54) is 6.92 Å². The first kappa shape index (κ1) is 24.3. The van der Waals surface area contributed by atoms with Crippen molar-refractivity contribution in [1.82, 2.24) is 15.1 Å². The van der Waals surface area contributed by atoms with Gasteiger partial charge < -0.3 is 20.7 Å². The lowest BCUT2D eigenvalue weighted by atomic mass is 9.90. The molecular weight excluding hydrogens is 446 g/mol. The quantitative estimate of drug-likeness (QED) is 0.513. The van der Waals surface area contributed by atoms with Crippen LogP contribution < -0.4 is 11.1 Å². The van der Waals surface area contributed by atoms with Crippen molar-refractivity contribution in [1.29, 1.82) is 0 Å². The van der Waals surface area contributed by atoms with Gasteiger partial charge in [-0.2, -0.15) is 5.10 Å². The molecule has 2 aromatic carbocycles. The summed E-state index contributed by atoms with van der Waals surface area (Å²) in [4.78, 5) is 37.9. The molecule has 9 heteroatoms. The minimum Gasteiger partial charge on any atom is -0.444 e. The van der Waals surface area contributed by atoms with Crippen molar-refractivity contribution in [2.45, 2.75) is 52.1 Å². The minimum absolute atomic E-state index is 0.115. The molecule has 184 valence electrons. The Bertz CT molecular complexity index is 1280. The Morgan fingerprint density at radius 2 is 1.83 bits per heavy atom. The van der Waals surface area contributed by atoms with Crippen LogP contribution in [0.5, 0.6) is 0 Å². The van der Waals surface area contributed by atoms with Gasteiger partial charge in [-0.05, 0) is 69.0 Å². The van der Waals surface area contributed by atoms with Crippen LogP contribution in [0.3, 0.4) is 0 Å². The van der Waals surface area contributed by atoms with Crippen LogP contribution >= 0.6 is 0 Å². The standard InChI is InChI=1S/C26H31N5O4/c1-15(32)28-19-7-5-6-17(12-19)18-13-20-22(29-30-23(20)21(14-18)24(27)33)16-8-10-31(11-9-16)25(34)35-26(2,3)4/h5-7,12-14,16H,8-11H2,1-4H3,(H2,27,33)(H,28,32)(H,29,30). The summed E-state index contributed by atoms with van der Waals surface area (Å²) in [6.07, 6.45) is 1.15. The number of nitrogens with zero attached hydrogens (tertiary/aromatic N) is 2. The zero-order valence-electron chi connectivity index (χ0n) is 20.5. The van der Waals surface area contributed by atoms with Crippen molar-refractivity contribution >= 4 is 34.5 Å². The zero-order chi connectivity index (χ0) is 25.3. The number of nitrogens with two attached hydrogens (primary N) is 1. The van der Waals surface area contributed by atoms with E-state index in [1.807, 2.05) is 45.0 Å². The van der Waals surface area contributed by atoms with Crippen LogP contribution in [0, 0.1) is 0 Å². The molecular formula is C26H31N5O4. The number of aromatic amines is 1. The molecule has 0 bridgehead atoms. The molecule has 3 amide bonds. The molecule has 1 aromatic heterocycles. The maximum absolute atomic E-state index is 12.4. The molecule has 9 nitrogen and oxygen atoms in total. The summed E-state index contributed by atoms with van der Waals surface area (Å²) in [7, 11) is 0. The smallest absolute Gasteiger partial charge is 0.410 e. The number of benzene rings is 2. The van der Waals surface area contributed by atoms with E-state index in [0.717, 1.165) is 35.0 Å². The summed E-state index contributed by atoms with van der Waals surface area (Å²) in [5.74, 6) is -0.598. The number of amides is 3. The average Bonchev–Trinajstić information content (AvgIpc) is 3.21. The number of primary amides is 1. The highest BCUT2D eigenvalue weighted by Crippen LogP contribution is 2.36. The highest BCUT2D eigenvalue weighted by Gasteiger charge is 2.30. The van der Waals surface area contributed by atoms with E-state index < -0.39 is 11.5 Å². The highest BCUT2D eigenvalue weighted by atomic mass is 16.6. The van der Waals surface area contributed by atoms with Crippen molar-refractivity contribution in [2.75, 3.05) is 18.4 Å². The Labute approximate surface area is 204 Å². The van der Waals surface area contributed by atoms with E-state index >= 15 is 0 Å². The minimum atomic E-state index is -0.551. The lowest BCUT2D eigenvalue weighted by Crippen LogP contribution is -2.41. The molecule has 1 fully saturated rings. The van der Waals surface area contributed by atoms with E-state index in [4.69, 9.17) is 10.5 Å². The van der Waals surface area contributed by atoms with Crippen molar-refractivity contribution in [2.24, 2.45) is 5.73 Å². The topological polar surface area (TPSA) is 130 Å².